The standard InChI is InChI=1S/C31H57N5O6S/c1-3-5-6-7-8-9-10-11-12-13-14-15-16-17-18-19-27(38)32-24(23-43-20-4-2)30(41)33-26-21-36(35-34-26)31-29(40)28(39)25(22-37)42-31/h21,24-25,28-29,31,37,39-40H,3-20,22-23H2,1-2H3,(H,32,38)(H,33,41)/t24-,25?,28-,29-,31+/m1/s1. The van der Waals surface area contributed by atoms with Crippen molar-refractivity contribution in [1.29, 1.82) is 0 Å². The van der Waals surface area contributed by atoms with Gasteiger partial charge in [-0.15, -0.1) is 5.10 Å². The van der Waals surface area contributed by atoms with E-state index in [-0.39, 0.29) is 11.7 Å². The molecule has 1 unspecified atom stereocenters. The number of aromatic nitrogens is 3. The molecule has 5 N–H and O–H groups in total. The number of aliphatic hydroxyl groups is 3. The summed E-state index contributed by atoms with van der Waals surface area (Å²) in [5.41, 5.74) is 0. The Morgan fingerprint density at radius 1 is 0.907 bits per heavy atom. The molecule has 43 heavy (non-hydrogen) atoms. The molecule has 0 saturated carbocycles. The Hall–Kier alpha value is -1.73. The second kappa shape index (κ2) is 22.7. The van der Waals surface area contributed by atoms with E-state index in [9.17, 15) is 24.9 Å². The number of hydrogen-bond donors (Lipinski definition) is 5. The van der Waals surface area contributed by atoms with E-state index < -0.39 is 43.1 Å². The minimum Gasteiger partial charge on any atom is -0.394 e. The first-order valence-electron chi connectivity index (χ1n) is 16.6. The van der Waals surface area contributed by atoms with Crippen molar-refractivity contribution in [3.05, 3.63) is 6.20 Å². The monoisotopic (exact) mass is 627 g/mol. The van der Waals surface area contributed by atoms with E-state index in [4.69, 9.17) is 4.74 Å². The molecule has 0 bridgehead atoms. The third kappa shape index (κ3) is 14.7. The highest BCUT2D eigenvalue weighted by molar-refractivity contribution is 7.99. The number of anilines is 1. The summed E-state index contributed by atoms with van der Waals surface area (Å²) in [6.45, 7) is 3.87. The molecule has 0 spiro atoms. The van der Waals surface area contributed by atoms with Crippen LogP contribution in [0.1, 0.15) is 129 Å². The Labute approximate surface area is 262 Å². The SMILES string of the molecule is CCCCCCCCCCCCCCCCCC(=O)N[C@H](CSCCC)C(=O)Nc1cn([C@H]2OC(CO)[C@@H](O)[C@H]2O)nn1. The van der Waals surface area contributed by atoms with Crippen LogP contribution in [0.2, 0.25) is 0 Å². The van der Waals surface area contributed by atoms with Crippen LogP contribution in [0.5, 0.6) is 0 Å². The van der Waals surface area contributed by atoms with Crippen LogP contribution in [0.4, 0.5) is 5.82 Å². The zero-order chi connectivity index (χ0) is 31.3. The summed E-state index contributed by atoms with van der Waals surface area (Å²) >= 11 is 1.60. The van der Waals surface area contributed by atoms with Crippen molar-refractivity contribution in [2.24, 2.45) is 0 Å². The van der Waals surface area contributed by atoms with Gasteiger partial charge >= 0.3 is 0 Å². The van der Waals surface area contributed by atoms with Crippen molar-refractivity contribution in [2.45, 2.75) is 154 Å². The molecular weight excluding hydrogens is 570 g/mol. The molecule has 1 aromatic heterocycles. The number of aliphatic hydroxyl groups excluding tert-OH is 3. The van der Waals surface area contributed by atoms with Gasteiger partial charge < -0.3 is 30.7 Å². The third-order valence-electron chi connectivity index (χ3n) is 7.83. The highest BCUT2D eigenvalue weighted by Gasteiger charge is 2.44. The van der Waals surface area contributed by atoms with Gasteiger partial charge in [0.15, 0.2) is 12.0 Å². The van der Waals surface area contributed by atoms with Crippen LogP contribution in [0.3, 0.4) is 0 Å². The number of thioether (sulfide) groups is 1. The maximum Gasteiger partial charge on any atom is 0.249 e. The number of nitrogens with one attached hydrogen (secondary N) is 2. The molecule has 2 amide bonds. The summed E-state index contributed by atoms with van der Waals surface area (Å²) in [5, 5.41) is 42.8. The number of carbonyl (C=O) groups excluding carboxylic acids is 2. The predicted molar refractivity (Wildman–Crippen MR) is 171 cm³/mol. The molecule has 5 atom stereocenters. The van der Waals surface area contributed by atoms with E-state index in [0.717, 1.165) is 31.4 Å². The molecule has 11 nitrogen and oxygen atoms in total. The molecule has 1 fully saturated rings. The molecule has 1 aliphatic heterocycles. The third-order valence-corrected chi connectivity index (χ3v) is 9.10. The summed E-state index contributed by atoms with van der Waals surface area (Å²) in [4.78, 5) is 25.7. The van der Waals surface area contributed by atoms with Crippen molar-refractivity contribution < 1.29 is 29.6 Å². The lowest BCUT2D eigenvalue weighted by atomic mass is 10.0. The lowest BCUT2D eigenvalue weighted by molar-refractivity contribution is -0.126. The van der Waals surface area contributed by atoms with Crippen molar-refractivity contribution in [2.75, 3.05) is 23.4 Å². The van der Waals surface area contributed by atoms with Crippen LogP contribution in [0.25, 0.3) is 0 Å². The van der Waals surface area contributed by atoms with E-state index in [0.29, 0.717) is 12.2 Å². The lowest BCUT2D eigenvalue weighted by Crippen LogP contribution is -2.45. The van der Waals surface area contributed by atoms with Crippen LogP contribution in [0.15, 0.2) is 6.20 Å². The van der Waals surface area contributed by atoms with Crippen molar-refractivity contribution in [3.63, 3.8) is 0 Å². The maximum absolute atomic E-state index is 13.0. The summed E-state index contributed by atoms with van der Waals surface area (Å²) in [5.74, 6) is 0.904. The first-order chi connectivity index (χ1) is 20.9. The van der Waals surface area contributed by atoms with Gasteiger partial charge in [0.25, 0.3) is 0 Å². The van der Waals surface area contributed by atoms with Gasteiger partial charge in [-0.05, 0) is 18.6 Å². The maximum atomic E-state index is 13.0. The average Bonchev–Trinajstić information content (AvgIpc) is 3.57. The van der Waals surface area contributed by atoms with Crippen LogP contribution in [0, 0.1) is 0 Å². The molecule has 0 aliphatic carbocycles. The Balaban J connectivity index is 1.64. The molecular formula is C31H57N5O6S. The van der Waals surface area contributed by atoms with Gasteiger partial charge in [-0.2, -0.15) is 11.8 Å². The van der Waals surface area contributed by atoms with Gasteiger partial charge in [0.05, 0.1) is 12.8 Å². The minimum absolute atomic E-state index is 0.130. The number of amides is 2. The molecule has 2 rings (SSSR count). The van der Waals surface area contributed by atoms with Gasteiger partial charge in [-0.25, -0.2) is 4.68 Å². The molecule has 0 aromatic carbocycles. The quantitative estimate of drug-likeness (QED) is 0.0967. The second-order valence-electron chi connectivity index (χ2n) is 11.7. The smallest absolute Gasteiger partial charge is 0.249 e. The fourth-order valence-electron chi connectivity index (χ4n) is 5.22. The highest BCUT2D eigenvalue weighted by Crippen LogP contribution is 2.29. The highest BCUT2D eigenvalue weighted by atomic mass is 32.2. The van der Waals surface area contributed by atoms with Crippen LogP contribution in [-0.2, 0) is 14.3 Å². The first-order valence-corrected chi connectivity index (χ1v) is 17.8. The van der Waals surface area contributed by atoms with E-state index >= 15 is 0 Å². The van der Waals surface area contributed by atoms with E-state index in [1.165, 1.54) is 87.9 Å². The van der Waals surface area contributed by atoms with Gasteiger partial charge in [0, 0.05) is 12.2 Å². The van der Waals surface area contributed by atoms with E-state index in [1.54, 1.807) is 11.8 Å². The van der Waals surface area contributed by atoms with Crippen molar-refractivity contribution >= 4 is 29.4 Å². The second-order valence-corrected chi connectivity index (χ2v) is 12.8. The van der Waals surface area contributed by atoms with Crippen molar-refractivity contribution in [3.8, 4) is 0 Å². The van der Waals surface area contributed by atoms with Crippen LogP contribution < -0.4 is 10.6 Å². The summed E-state index contributed by atoms with van der Waals surface area (Å²) in [6, 6.07) is -0.723. The molecule has 0 radical (unpaired) electrons. The zero-order valence-corrected chi connectivity index (χ0v) is 27.2. The van der Waals surface area contributed by atoms with Crippen molar-refractivity contribution in [1.82, 2.24) is 20.3 Å². The number of hydrogen-bond acceptors (Lipinski definition) is 9. The Bertz CT molecular complexity index is 891. The average molecular weight is 628 g/mol. The number of unbranched alkanes of at least 4 members (excludes halogenated alkanes) is 14. The number of carbonyl (C=O) groups is 2. The molecule has 2 heterocycles. The Morgan fingerprint density at radius 3 is 2.02 bits per heavy atom. The molecule has 1 aromatic rings. The van der Waals surface area contributed by atoms with Gasteiger partial charge in [0.2, 0.25) is 11.8 Å². The summed E-state index contributed by atoms with van der Waals surface area (Å²) in [6.07, 6.45) is 17.2. The predicted octanol–water partition coefficient (Wildman–Crippen LogP) is 4.72. The first kappa shape index (κ1) is 37.5. The topological polar surface area (TPSA) is 159 Å². The van der Waals surface area contributed by atoms with Gasteiger partial charge in [0.1, 0.15) is 24.4 Å². The van der Waals surface area contributed by atoms with Gasteiger partial charge in [-0.3, -0.25) is 9.59 Å². The fraction of sp³-hybridized carbons (Fsp3) is 0.871. The summed E-state index contributed by atoms with van der Waals surface area (Å²) < 4.78 is 6.64. The fourth-order valence-corrected chi connectivity index (χ4v) is 6.15. The molecule has 12 heteroatoms. The largest absolute Gasteiger partial charge is 0.394 e. The normalized spacial score (nSPS) is 20.8. The molecule has 1 aliphatic rings. The van der Waals surface area contributed by atoms with E-state index in [2.05, 4.69) is 34.8 Å². The van der Waals surface area contributed by atoms with E-state index in [1.807, 2.05) is 0 Å². The van der Waals surface area contributed by atoms with Crippen LogP contribution in [-0.4, -0.2) is 84.6 Å². The lowest BCUT2D eigenvalue weighted by Gasteiger charge is -2.17. The Morgan fingerprint density at radius 2 is 1.49 bits per heavy atom. The number of rotatable bonds is 25. The molecule has 248 valence electrons. The van der Waals surface area contributed by atoms with Gasteiger partial charge in [-0.1, -0.05) is 109 Å². The van der Waals surface area contributed by atoms with Crippen LogP contribution >= 0.6 is 11.8 Å². The number of ether oxygens (including phenoxy) is 1. The minimum atomic E-state index is -1.31. The zero-order valence-electron chi connectivity index (χ0n) is 26.4. The summed E-state index contributed by atoms with van der Waals surface area (Å²) in [7, 11) is 0. The molecule has 1 saturated heterocycles. The number of nitrogens with zero attached hydrogens (tertiary/aromatic N) is 3. The Kier molecular flexibility index (Phi) is 19.8.